The second-order valence-corrected chi connectivity index (χ2v) is 3.71. The van der Waals surface area contributed by atoms with E-state index in [1.54, 1.807) is 6.92 Å². The van der Waals surface area contributed by atoms with Crippen molar-refractivity contribution in [2.75, 3.05) is 18.0 Å². The largest absolute Gasteiger partial charge is 0.503 e. The van der Waals surface area contributed by atoms with E-state index in [1.165, 1.54) is 4.52 Å². The molecule has 0 bridgehead atoms. The summed E-state index contributed by atoms with van der Waals surface area (Å²) in [5.41, 5.74) is -0.0192. The highest BCUT2D eigenvalue weighted by molar-refractivity contribution is 5.58. The second kappa shape index (κ2) is 4.08. The number of aromatic hydroxyl groups is 1. The predicted molar refractivity (Wildman–Crippen MR) is 63.6 cm³/mol. The molecule has 2 rings (SSSR count). The Balaban J connectivity index is 2.81. The summed E-state index contributed by atoms with van der Waals surface area (Å²) in [6.45, 7) is 7.05. The van der Waals surface area contributed by atoms with Crippen molar-refractivity contribution in [3.05, 3.63) is 16.2 Å². The molecule has 0 atom stereocenters. The topological polar surface area (TPSA) is 86.5 Å². The summed E-state index contributed by atoms with van der Waals surface area (Å²) < 4.78 is 1.41. The van der Waals surface area contributed by atoms with Gasteiger partial charge in [-0.1, -0.05) is 0 Å². The van der Waals surface area contributed by atoms with Crippen LogP contribution in [0.1, 0.15) is 19.5 Å². The van der Waals surface area contributed by atoms with Crippen LogP contribution in [0.25, 0.3) is 5.78 Å². The van der Waals surface area contributed by atoms with Crippen LogP contribution in [-0.2, 0) is 0 Å². The first-order chi connectivity index (χ1) is 8.08. The van der Waals surface area contributed by atoms with Gasteiger partial charge in [0.1, 0.15) is 0 Å². The van der Waals surface area contributed by atoms with Gasteiger partial charge in [-0.3, -0.25) is 0 Å². The van der Waals surface area contributed by atoms with Gasteiger partial charge in [0.2, 0.25) is 0 Å². The van der Waals surface area contributed by atoms with Gasteiger partial charge in [-0.15, -0.1) is 0 Å². The van der Waals surface area contributed by atoms with E-state index in [1.807, 2.05) is 18.7 Å². The van der Waals surface area contributed by atoms with E-state index in [0.717, 1.165) is 0 Å². The van der Waals surface area contributed by atoms with Crippen molar-refractivity contribution in [3.8, 4) is 5.75 Å². The van der Waals surface area contributed by atoms with Gasteiger partial charge in [0, 0.05) is 13.1 Å². The van der Waals surface area contributed by atoms with E-state index >= 15 is 0 Å². The molecule has 0 aliphatic carbocycles. The lowest BCUT2D eigenvalue weighted by molar-refractivity contribution is 0.461. The highest BCUT2D eigenvalue weighted by atomic mass is 16.3. The zero-order valence-corrected chi connectivity index (χ0v) is 10.1. The molecule has 0 radical (unpaired) electrons. The van der Waals surface area contributed by atoms with Gasteiger partial charge >= 0.3 is 5.69 Å². The van der Waals surface area contributed by atoms with Crippen molar-refractivity contribution in [3.63, 3.8) is 0 Å². The number of anilines is 1. The Kier molecular flexibility index (Phi) is 2.74. The molecule has 2 N–H and O–H groups in total. The first kappa shape index (κ1) is 11.4. The number of fused-ring (bicyclic) bond motifs is 1. The lowest BCUT2D eigenvalue weighted by Gasteiger charge is -2.22. The minimum Gasteiger partial charge on any atom is -0.503 e. The molecule has 7 heteroatoms. The van der Waals surface area contributed by atoms with Crippen molar-refractivity contribution in [1.82, 2.24) is 19.6 Å². The average Bonchev–Trinajstić information content (AvgIpc) is 2.65. The quantitative estimate of drug-likeness (QED) is 0.800. The molecule has 0 fully saturated rings. The first-order valence-electron chi connectivity index (χ1n) is 5.51. The standard InChI is InChI=1S/C10H15N5O2/c1-4-14(5-2)8-7(16)6(3)11-9-12-10(17)13-15(8)9/h16H,4-5H2,1-3H3,(H,13,17). The van der Waals surface area contributed by atoms with Crippen LogP contribution in [0.2, 0.25) is 0 Å². The van der Waals surface area contributed by atoms with Crippen molar-refractivity contribution < 1.29 is 5.11 Å². The normalized spacial score (nSPS) is 11.0. The molecule has 7 nitrogen and oxygen atoms in total. The molecule has 0 saturated carbocycles. The monoisotopic (exact) mass is 237 g/mol. The van der Waals surface area contributed by atoms with E-state index in [4.69, 9.17) is 0 Å². The highest BCUT2D eigenvalue weighted by Crippen LogP contribution is 2.28. The number of rotatable bonds is 3. The first-order valence-corrected chi connectivity index (χ1v) is 5.51. The fourth-order valence-electron chi connectivity index (χ4n) is 1.82. The Hall–Kier alpha value is -2.05. The summed E-state index contributed by atoms with van der Waals surface area (Å²) >= 11 is 0. The Morgan fingerprint density at radius 3 is 2.59 bits per heavy atom. The number of H-pyrrole nitrogens is 1. The number of nitrogens with zero attached hydrogens (tertiary/aromatic N) is 4. The molecule has 0 saturated heterocycles. The molecule has 2 aromatic rings. The number of aryl methyl sites for hydroxylation is 1. The average molecular weight is 237 g/mol. The molecule has 2 heterocycles. The van der Waals surface area contributed by atoms with Crippen LogP contribution in [0.15, 0.2) is 4.79 Å². The fourth-order valence-corrected chi connectivity index (χ4v) is 1.82. The number of aromatic nitrogens is 4. The number of aromatic amines is 1. The second-order valence-electron chi connectivity index (χ2n) is 3.71. The van der Waals surface area contributed by atoms with Crippen LogP contribution in [-0.4, -0.2) is 37.8 Å². The van der Waals surface area contributed by atoms with Crippen molar-refractivity contribution >= 4 is 11.6 Å². The van der Waals surface area contributed by atoms with Gasteiger partial charge in [0.25, 0.3) is 5.78 Å². The zero-order chi connectivity index (χ0) is 12.6. The van der Waals surface area contributed by atoms with Crippen molar-refractivity contribution in [2.45, 2.75) is 20.8 Å². The van der Waals surface area contributed by atoms with Crippen molar-refractivity contribution in [2.24, 2.45) is 0 Å². The summed E-state index contributed by atoms with van der Waals surface area (Å²) in [5.74, 6) is 0.856. The molecule has 92 valence electrons. The summed E-state index contributed by atoms with van der Waals surface area (Å²) in [4.78, 5) is 20.9. The highest BCUT2D eigenvalue weighted by Gasteiger charge is 2.17. The molecule has 0 unspecified atom stereocenters. The van der Waals surface area contributed by atoms with Crippen molar-refractivity contribution in [1.29, 1.82) is 0 Å². The van der Waals surface area contributed by atoms with E-state index < -0.39 is 5.69 Å². The van der Waals surface area contributed by atoms with Gasteiger partial charge in [-0.05, 0) is 20.8 Å². The zero-order valence-electron chi connectivity index (χ0n) is 10.1. The van der Waals surface area contributed by atoms with Gasteiger partial charge in [-0.25, -0.2) is 14.9 Å². The molecule has 0 aliphatic rings. The summed E-state index contributed by atoms with van der Waals surface area (Å²) in [5, 5.41) is 12.6. The number of hydrogen-bond donors (Lipinski definition) is 2. The van der Waals surface area contributed by atoms with Gasteiger partial charge < -0.3 is 10.0 Å². The van der Waals surface area contributed by atoms with Crippen LogP contribution in [0.3, 0.4) is 0 Å². The molecular weight excluding hydrogens is 222 g/mol. The Bertz CT molecular complexity index is 596. The number of hydrogen-bond acceptors (Lipinski definition) is 5. The Labute approximate surface area is 97.7 Å². The minimum absolute atomic E-state index is 0.0647. The molecule has 2 aromatic heterocycles. The van der Waals surface area contributed by atoms with Crippen LogP contribution < -0.4 is 10.6 Å². The predicted octanol–water partition coefficient (Wildman–Crippen LogP) is 0.278. The summed E-state index contributed by atoms with van der Waals surface area (Å²) in [7, 11) is 0. The minimum atomic E-state index is -0.476. The summed E-state index contributed by atoms with van der Waals surface area (Å²) in [6.07, 6.45) is 0. The van der Waals surface area contributed by atoms with Gasteiger partial charge in [-0.2, -0.15) is 9.50 Å². The maximum atomic E-state index is 11.2. The third kappa shape index (κ3) is 1.73. The fraction of sp³-hybridized carbons (Fsp3) is 0.500. The third-order valence-electron chi connectivity index (χ3n) is 2.71. The van der Waals surface area contributed by atoms with E-state index in [2.05, 4.69) is 15.1 Å². The summed E-state index contributed by atoms with van der Waals surface area (Å²) in [6, 6.07) is 0. The molecule has 0 aromatic carbocycles. The third-order valence-corrected chi connectivity index (χ3v) is 2.71. The Morgan fingerprint density at radius 2 is 2.00 bits per heavy atom. The van der Waals surface area contributed by atoms with Gasteiger partial charge in [0.05, 0.1) is 5.69 Å². The maximum Gasteiger partial charge on any atom is 0.363 e. The lowest BCUT2D eigenvalue weighted by Crippen LogP contribution is -2.25. The number of nitrogens with one attached hydrogen (secondary N) is 1. The molecule has 17 heavy (non-hydrogen) atoms. The molecular formula is C10H15N5O2. The van der Waals surface area contributed by atoms with Crippen LogP contribution >= 0.6 is 0 Å². The molecule has 0 aliphatic heterocycles. The van der Waals surface area contributed by atoms with E-state index in [0.29, 0.717) is 24.6 Å². The van der Waals surface area contributed by atoms with Crippen LogP contribution in [0.4, 0.5) is 5.82 Å². The molecule has 0 amide bonds. The maximum absolute atomic E-state index is 11.2. The molecule has 0 spiro atoms. The smallest absolute Gasteiger partial charge is 0.363 e. The van der Waals surface area contributed by atoms with Gasteiger partial charge in [0.15, 0.2) is 11.6 Å². The van der Waals surface area contributed by atoms with Crippen LogP contribution in [0.5, 0.6) is 5.75 Å². The Morgan fingerprint density at radius 1 is 1.35 bits per heavy atom. The SMILES string of the molecule is CCN(CC)c1c(O)c(C)nc2nc(=O)[nH]n12. The lowest BCUT2D eigenvalue weighted by atomic mass is 10.3. The van der Waals surface area contributed by atoms with E-state index in [-0.39, 0.29) is 11.5 Å². The van der Waals surface area contributed by atoms with Crippen LogP contribution in [0, 0.1) is 6.92 Å². The van der Waals surface area contributed by atoms with E-state index in [9.17, 15) is 9.90 Å².